The minimum Gasteiger partial charge on any atom is -0.481 e. The lowest BCUT2D eigenvalue weighted by molar-refractivity contribution is -0.137. The number of nitrogens with zero attached hydrogens (tertiary/aromatic N) is 1. The molecule has 0 aliphatic rings. The first kappa shape index (κ1) is 16.1. The zero-order valence-electron chi connectivity index (χ0n) is 10.5. The first-order chi connectivity index (χ1) is 9.34. The van der Waals surface area contributed by atoms with Crippen LogP contribution in [0.15, 0.2) is 18.2 Å². The van der Waals surface area contributed by atoms with E-state index in [4.69, 9.17) is 10.4 Å². The van der Waals surface area contributed by atoms with Gasteiger partial charge in [0, 0.05) is 13.0 Å². The fourth-order valence-corrected chi connectivity index (χ4v) is 2.72. The zero-order valence-corrected chi connectivity index (χ0v) is 11.3. The number of carboxylic acids is 1. The molecule has 0 heterocycles. The number of carboxylic acid groups (broad SMARTS) is 1. The monoisotopic (exact) mass is 300 g/mol. The Bertz CT molecular complexity index is 637. The molecule has 0 radical (unpaired) electrons. The molecular weight excluding hydrogens is 287 g/mol. The van der Waals surface area contributed by atoms with E-state index < -0.39 is 27.6 Å². The van der Waals surface area contributed by atoms with Crippen molar-refractivity contribution in [1.82, 2.24) is 4.72 Å². The van der Waals surface area contributed by atoms with E-state index in [2.05, 4.69) is 4.72 Å². The molecule has 0 aliphatic heterocycles. The number of benzene rings is 1. The Kier molecular flexibility index (Phi) is 5.61. The van der Waals surface area contributed by atoms with E-state index in [1.807, 2.05) is 0 Å². The van der Waals surface area contributed by atoms with Gasteiger partial charge in [0.1, 0.15) is 5.82 Å². The number of halogens is 1. The fourth-order valence-electron chi connectivity index (χ4n) is 1.50. The Hall–Kier alpha value is -1.98. The molecule has 0 aliphatic carbocycles. The molecule has 2 N–H and O–H groups in total. The van der Waals surface area contributed by atoms with Crippen LogP contribution in [0.4, 0.5) is 4.39 Å². The summed E-state index contributed by atoms with van der Waals surface area (Å²) in [6, 6.07) is 5.02. The number of aliphatic carboxylic acids is 1. The lowest BCUT2D eigenvalue weighted by Crippen LogP contribution is -2.26. The maximum atomic E-state index is 12.9. The summed E-state index contributed by atoms with van der Waals surface area (Å²) < 4.78 is 38.6. The minimum atomic E-state index is -3.69. The van der Waals surface area contributed by atoms with Crippen molar-refractivity contribution >= 4 is 16.0 Å². The summed E-state index contributed by atoms with van der Waals surface area (Å²) in [6.07, 6.45) is 0.0333. The highest BCUT2D eigenvalue weighted by Crippen LogP contribution is 2.13. The van der Waals surface area contributed by atoms with Crippen molar-refractivity contribution in [2.24, 2.45) is 0 Å². The van der Waals surface area contributed by atoms with Crippen molar-refractivity contribution < 1.29 is 22.7 Å². The second kappa shape index (κ2) is 6.98. The molecule has 0 spiro atoms. The number of carbonyl (C=O) groups is 1. The highest BCUT2D eigenvalue weighted by atomic mass is 32.2. The van der Waals surface area contributed by atoms with Gasteiger partial charge in [-0.05, 0) is 24.1 Å². The van der Waals surface area contributed by atoms with Crippen LogP contribution in [-0.4, -0.2) is 26.0 Å². The van der Waals surface area contributed by atoms with Gasteiger partial charge in [-0.1, -0.05) is 6.07 Å². The largest absolute Gasteiger partial charge is 0.481 e. The van der Waals surface area contributed by atoms with E-state index in [1.54, 1.807) is 6.07 Å². The summed E-state index contributed by atoms with van der Waals surface area (Å²) in [5, 5.41) is 17.2. The SMILES string of the molecule is N#Cc1cc(F)ccc1CS(=O)(=O)NCCCC(=O)O. The highest BCUT2D eigenvalue weighted by Gasteiger charge is 2.14. The van der Waals surface area contributed by atoms with Crippen LogP contribution < -0.4 is 4.72 Å². The summed E-state index contributed by atoms with van der Waals surface area (Å²) in [6.45, 7) is -0.00227. The topological polar surface area (TPSA) is 107 Å². The van der Waals surface area contributed by atoms with E-state index in [9.17, 15) is 17.6 Å². The van der Waals surface area contributed by atoms with E-state index in [0.29, 0.717) is 0 Å². The predicted octanol–water partition coefficient (Wildman–Crippen LogP) is 0.982. The second-order valence-electron chi connectivity index (χ2n) is 4.06. The maximum absolute atomic E-state index is 12.9. The molecule has 6 nitrogen and oxygen atoms in total. The Morgan fingerprint density at radius 1 is 1.45 bits per heavy atom. The highest BCUT2D eigenvalue weighted by molar-refractivity contribution is 7.88. The van der Waals surface area contributed by atoms with Gasteiger partial charge in [-0.3, -0.25) is 4.79 Å². The van der Waals surface area contributed by atoms with Gasteiger partial charge >= 0.3 is 5.97 Å². The molecule has 1 aromatic carbocycles. The van der Waals surface area contributed by atoms with Crippen LogP contribution in [0.5, 0.6) is 0 Å². The van der Waals surface area contributed by atoms with E-state index in [1.165, 1.54) is 6.07 Å². The van der Waals surface area contributed by atoms with Gasteiger partial charge in [0.2, 0.25) is 10.0 Å². The number of rotatable bonds is 7. The molecular formula is C12H13FN2O4S. The van der Waals surface area contributed by atoms with Gasteiger partial charge in [0.15, 0.2) is 0 Å². The molecule has 108 valence electrons. The summed E-state index contributed by atoms with van der Waals surface area (Å²) in [5.41, 5.74) is 0.153. The summed E-state index contributed by atoms with van der Waals surface area (Å²) >= 11 is 0. The molecule has 0 aromatic heterocycles. The predicted molar refractivity (Wildman–Crippen MR) is 68.6 cm³/mol. The molecule has 20 heavy (non-hydrogen) atoms. The van der Waals surface area contributed by atoms with Crippen molar-refractivity contribution in [2.45, 2.75) is 18.6 Å². The smallest absolute Gasteiger partial charge is 0.303 e. The summed E-state index contributed by atoms with van der Waals surface area (Å²) in [7, 11) is -3.69. The van der Waals surface area contributed by atoms with Gasteiger partial charge in [0.05, 0.1) is 17.4 Å². The van der Waals surface area contributed by atoms with Crippen molar-refractivity contribution in [3.05, 3.63) is 35.1 Å². The first-order valence-electron chi connectivity index (χ1n) is 5.72. The fraction of sp³-hybridized carbons (Fsp3) is 0.333. The number of hydrogen-bond acceptors (Lipinski definition) is 4. The molecule has 0 fully saturated rings. The van der Waals surface area contributed by atoms with Crippen molar-refractivity contribution in [2.75, 3.05) is 6.54 Å². The molecule has 0 saturated heterocycles. The van der Waals surface area contributed by atoms with Crippen LogP contribution in [0, 0.1) is 17.1 Å². The van der Waals surface area contributed by atoms with Crippen molar-refractivity contribution in [3.8, 4) is 6.07 Å². The van der Waals surface area contributed by atoms with Crippen molar-refractivity contribution in [3.63, 3.8) is 0 Å². The Labute approximate surface area is 115 Å². The van der Waals surface area contributed by atoms with Gasteiger partial charge in [0.25, 0.3) is 0 Å². The van der Waals surface area contributed by atoms with Crippen LogP contribution in [-0.2, 0) is 20.6 Å². The molecule has 0 unspecified atom stereocenters. The summed E-state index contributed by atoms with van der Waals surface area (Å²) in [5.74, 6) is -2.07. The van der Waals surface area contributed by atoms with Gasteiger partial charge < -0.3 is 5.11 Å². The molecule has 1 rings (SSSR count). The minimum absolute atomic E-state index is 0.00227. The van der Waals surface area contributed by atoms with Crippen LogP contribution in [0.3, 0.4) is 0 Å². The quantitative estimate of drug-likeness (QED) is 0.730. The van der Waals surface area contributed by atoms with Gasteiger partial charge in [-0.15, -0.1) is 0 Å². The normalized spacial score (nSPS) is 11.0. The van der Waals surface area contributed by atoms with Crippen LogP contribution >= 0.6 is 0 Å². The third-order valence-electron chi connectivity index (χ3n) is 2.43. The second-order valence-corrected chi connectivity index (χ2v) is 5.87. The molecule has 1 aromatic rings. The van der Waals surface area contributed by atoms with Crippen LogP contribution in [0.25, 0.3) is 0 Å². The molecule has 0 atom stereocenters. The van der Waals surface area contributed by atoms with Gasteiger partial charge in [-0.25, -0.2) is 17.5 Å². The van der Waals surface area contributed by atoms with E-state index >= 15 is 0 Å². The Morgan fingerprint density at radius 3 is 2.75 bits per heavy atom. The third-order valence-corrected chi connectivity index (χ3v) is 3.76. The lowest BCUT2D eigenvalue weighted by atomic mass is 10.1. The number of hydrogen-bond donors (Lipinski definition) is 2. The lowest BCUT2D eigenvalue weighted by Gasteiger charge is -2.07. The summed E-state index contributed by atoms with van der Waals surface area (Å²) in [4.78, 5) is 10.3. The van der Waals surface area contributed by atoms with E-state index in [0.717, 1.165) is 12.1 Å². The van der Waals surface area contributed by atoms with Crippen molar-refractivity contribution in [1.29, 1.82) is 5.26 Å². The average Bonchev–Trinajstić information content (AvgIpc) is 2.36. The Balaban J connectivity index is 2.67. The van der Waals surface area contributed by atoms with E-state index in [-0.39, 0.29) is 30.5 Å². The average molecular weight is 300 g/mol. The standard InChI is InChI=1S/C12H13FN2O4S/c13-11-4-3-9(10(6-11)7-14)8-20(18,19)15-5-1-2-12(16)17/h3-4,6,15H,1-2,5,8H2,(H,16,17). The Morgan fingerprint density at radius 2 is 2.15 bits per heavy atom. The zero-order chi connectivity index (χ0) is 15.2. The molecule has 0 bridgehead atoms. The van der Waals surface area contributed by atoms with Crippen LogP contribution in [0.1, 0.15) is 24.0 Å². The molecule has 0 saturated carbocycles. The molecule has 0 amide bonds. The van der Waals surface area contributed by atoms with Gasteiger partial charge in [-0.2, -0.15) is 5.26 Å². The van der Waals surface area contributed by atoms with Crippen LogP contribution in [0.2, 0.25) is 0 Å². The number of nitrogens with one attached hydrogen (secondary N) is 1. The number of sulfonamides is 1. The maximum Gasteiger partial charge on any atom is 0.303 e. The third kappa shape index (κ3) is 5.34. The number of nitriles is 1. The molecule has 8 heteroatoms. The first-order valence-corrected chi connectivity index (χ1v) is 7.37.